The van der Waals surface area contributed by atoms with Crippen LogP contribution in [0.1, 0.15) is 12.5 Å². The minimum atomic E-state index is -0.721. The maximum atomic E-state index is 11.8. The van der Waals surface area contributed by atoms with Gasteiger partial charge in [-0.25, -0.2) is 4.79 Å². The fraction of sp³-hybridized carbons (Fsp3) is 0.308. The summed E-state index contributed by atoms with van der Waals surface area (Å²) in [6.45, 7) is 1.65. The predicted octanol–water partition coefficient (Wildman–Crippen LogP) is 1.48. The Hall–Kier alpha value is -1.81. The topological polar surface area (TPSA) is 59.7 Å². The number of benzene rings is 1. The lowest BCUT2D eigenvalue weighted by Crippen LogP contribution is -2.34. The number of rotatable bonds is 1. The van der Waals surface area contributed by atoms with E-state index in [1.165, 1.54) is 0 Å². The van der Waals surface area contributed by atoms with Crippen LogP contribution in [0, 0.1) is 0 Å². The van der Waals surface area contributed by atoms with Gasteiger partial charge in [-0.05, 0) is 19.1 Å². The van der Waals surface area contributed by atoms with Crippen molar-refractivity contribution in [1.82, 2.24) is 0 Å². The van der Waals surface area contributed by atoms with Gasteiger partial charge >= 0.3 is 5.63 Å². The monoisotopic (exact) mass is 232 g/mol. The van der Waals surface area contributed by atoms with E-state index in [0.717, 1.165) is 5.39 Å². The SMILES string of the molecule is CC1(CO)Cc2c(c3ccccc3oc2=O)O1. The van der Waals surface area contributed by atoms with E-state index in [9.17, 15) is 9.90 Å². The Morgan fingerprint density at radius 1 is 1.41 bits per heavy atom. The summed E-state index contributed by atoms with van der Waals surface area (Å²) < 4.78 is 11.0. The van der Waals surface area contributed by atoms with E-state index >= 15 is 0 Å². The second-order valence-corrected chi connectivity index (χ2v) is 4.58. The molecule has 0 saturated heterocycles. The summed E-state index contributed by atoms with van der Waals surface area (Å²) in [6.07, 6.45) is 0.381. The maximum Gasteiger partial charge on any atom is 0.343 e. The summed E-state index contributed by atoms with van der Waals surface area (Å²) in [7, 11) is 0. The van der Waals surface area contributed by atoms with Crippen LogP contribution in [0.5, 0.6) is 5.75 Å². The number of para-hydroxylation sites is 1. The fourth-order valence-corrected chi connectivity index (χ4v) is 2.17. The van der Waals surface area contributed by atoms with Crippen molar-refractivity contribution in [3.8, 4) is 5.75 Å². The molecule has 1 N–H and O–H groups in total. The van der Waals surface area contributed by atoms with E-state index in [0.29, 0.717) is 23.3 Å². The Kier molecular flexibility index (Phi) is 2.03. The summed E-state index contributed by atoms with van der Waals surface area (Å²) in [6, 6.07) is 7.24. The average molecular weight is 232 g/mol. The molecule has 0 fully saturated rings. The van der Waals surface area contributed by atoms with E-state index in [2.05, 4.69) is 0 Å². The molecule has 0 aliphatic carbocycles. The Morgan fingerprint density at radius 2 is 2.18 bits per heavy atom. The molecule has 0 bridgehead atoms. The summed E-state index contributed by atoms with van der Waals surface area (Å²) >= 11 is 0. The molecule has 2 aromatic rings. The molecular formula is C13H12O4. The average Bonchev–Trinajstić information content (AvgIpc) is 2.69. The molecule has 0 amide bonds. The van der Waals surface area contributed by atoms with Crippen molar-refractivity contribution < 1.29 is 14.3 Å². The first-order chi connectivity index (χ1) is 8.13. The molecule has 4 nitrogen and oxygen atoms in total. The first-order valence-corrected chi connectivity index (χ1v) is 5.47. The Balaban J connectivity index is 2.31. The summed E-state index contributed by atoms with van der Waals surface area (Å²) in [4.78, 5) is 11.8. The predicted molar refractivity (Wildman–Crippen MR) is 62.3 cm³/mol. The van der Waals surface area contributed by atoms with Crippen LogP contribution in [0.25, 0.3) is 11.0 Å². The largest absolute Gasteiger partial charge is 0.483 e. The number of ether oxygens (including phenoxy) is 1. The van der Waals surface area contributed by atoms with Crippen LogP contribution in [0.15, 0.2) is 33.5 Å². The molecule has 1 aliphatic rings. The van der Waals surface area contributed by atoms with Gasteiger partial charge in [0.2, 0.25) is 0 Å². The summed E-state index contributed by atoms with van der Waals surface area (Å²) in [5, 5.41) is 10.1. The van der Waals surface area contributed by atoms with Crippen molar-refractivity contribution in [3.05, 3.63) is 40.2 Å². The second-order valence-electron chi connectivity index (χ2n) is 4.58. The third-order valence-corrected chi connectivity index (χ3v) is 3.09. The molecule has 1 aliphatic heterocycles. The van der Waals surface area contributed by atoms with Gasteiger partial charge in [0.1, 0.15) is 16.9 Å². The first kappa shape index (κ1) is 10.4. The third kappa shape index (κ3) is 1.45. The summed E-state index contributed by atoms with van der Waals surface area (Å²) in [5.74, 6) is 0.549. The molecule has 0 spiro atoms. The van der Waals surface area contributed by atoms with Crippen molar-refractivity contribution in [2.75, 3.05) is 6.61 Å². The smallest absolute Gasteiger partial charge is 0.343 e. The molecule has 1 unspecified atom stereocenters. The van der Waals surface area contributed by atoms with Crippen LogP contribution in [0.3, 0.4) is 0 Å². The molecule has 17 heavy (non-hydrogen) atoms. The van der Waals surface area contributed by atoms with Crippen molar-refractivity contribution in [2.24, 2.45) is 0 Å². The second kappa shape index (κ2) is 3.34. The number of hydrogen-bond acceptors (Lipinski definition) is 4. The number of hydrogen-bond donors (Lipinski definition) is 1. The minimum Gasteiger partial charge on any atom is -0.483 e. The van der Waals surface area contributed by atoms with E-state index in [1.807, 2.05) is 12.1 Å². The molecule has 4 heteroatoms. The standard InChI is InChI=1S/C13H12O4/c1-13(7-14)6-9-11(17-13)8-4-2-3-5-10(8)16-12(9)15/h2-5,14H,6-7H2,1H3. The molecule has 88 valence electrons. The quantitative estimate of drug-likeness (QED) is 0.756. The molecule has 0 radical (unpaired) electrons. The van der Waals surface area contributed by atoms with Gasteiger partial charge in [0, 0.05) is 6.42 Å². The van der Waals surface area contributed by atoms with Gasteiger partial charge in [0.05, 0.1) is 17.6 Å². The Bertz CT molecular complexity index is 643. The van der Waals surface area contributed by atoms with Crippen LogP contribution in [0.4, 0.5) is 0 Å². The van der Waals surface area contributed by atoms with Gasteiger partial charge in [-0.2, -0.15) is 0 Å². The van der Waals surface area contributed by atoms with Crippen LogP contribution >= 0.6 is 0 Å². The zero-order chi connectivity index (χ0) is 12.0. The molecule has 3 rings (SSSR count). The zero-order valence-electron chi connectivity index (χ0n) is 9.40. The van der Waals surface area contributed by atoms with Crippen molar-refractivity contribution in [1.29, 1.82) is 0 Å². The number of fused-ring (bicyclic) bond motifs is 3. The van der Waals surface area contributed by atoms with E-state index in [-0.39, 0.29) is 12.2 Å². The van der Waals surface area contributed by atoms with Gasteiger partial charge in [0.15, 0.2) is 0 Å². The van der Waals surface area contributed by atoms with Gasteiger partial charge in [0.25, 0.3) is 0 Å². The lowest BCUT2D eigenvalue weighted by molar-refractivity contribution is 0.0456. The molecule has 1 aromatic carbocycles. The van der Waals surface area contributed by atoms with E-state index < -0.39 is 5.60 Å². The van der Waals surface area contributed by atoms with Crippen molar-refractivity contribution >= 4 is 11.0 Å². The highest BCUT2D eigenvalue weighted by molar-refractivity contribution is 5.85. The lowest BCUT2D eigenvalue weighted by Gasteiger charge is -2.20. The highest BCUT2D eigenvalue weighted by atomic mass is 16.5. The van der Waals surface area contributed by atoms with Crippen LogP contribution in [-0.2, 0) is 6.42 Å². The van der Waals surface area contributed by atoms with Gasteiger partial charge in [-0.1, -0.05) is 12.1 Å². The van der Waals surface area contributed by atoms with Crippen molar-refractivity contribution in [2.45, 2.75) is 18.9 Å². The van der Waals surface area contributed by atoms with Gasteiger partial charge in [-0.3, -0.25) is 0 Å². The molecule has 1 aromatic heterocycles. The van der Waals surface area contributed by atoms with E-state index in [4.69, 9.17) is 9.15 Å². The third-order valence-electron chi connectivity index (χ3n) is 3.09. The van der Waals surface area contributed by atoms with Crippen LogP contribution < -0.4 is 10.4 Å². The number of aliphatic hydroxyl groups is 1. The number of aliphatic hydroxyl groups excluding tert-OH is 1. The highest BCUT2D eigenvalue weighted by Crippen LogP contribution is 2.38. The maximum absolute atomic E-state index is 11.8. The normalized spacial score (nSPS) is 22.5. The molecular weight excluding hydrogens is 220 g/mol. The zero-order valence-corrected chi connectivity index (χ0v) is 9.40. The Morgan fingerprint density at radius 3 is 2.94 bits per heavy atom. The Labute approximate surface area is 97.4 Å². The summed E-state index contributed by atoms with van der Waals surface area (Å²) in [5.41, 5.74) is -0.0733. The van der Waals surface area contributed by atoms with Gasteiger partial charge < -0.3 is 14.3 Å². The van der Waals surface area contributed by atoms with E-state index in [1.54, 1.807) is 19.1 Å². The fourth-order valence-electron chi connectivity index (χ4n) is 2.17. The first-order valence-electron chi connectivity index (χ1n) is 5.47. The van der Waals surface area contributed by atoms with Crippen LogP contribution in [0.2, 0.25) is 0 Å². The molecule has 1 atom stereocenters. The molecule has 0 saturated carbocycles. The van der Waals surface area contributed by atoms with Crippen molar-refractivity contribution in [3.63, 3.8) is 0 Å². The highest BCUT2D eigenvalue weighted by Gasteiger charge is 2.37. The van der Waals surface area contributed by atoms with Crippen LogP contribution in [-0.4, -0.2) is 17.3 Å². The van der Waals surface area contributed by atoms with Gasteiger partial charge in [-0.15, -0.1) is 0 Å². The molecule has 2 heterocycles. The lowest BCUT2D eigenvalue weighted by atomic mass is 10.0. The minimum absolute atomic E-state index is 0.130.